The van der Waals surface area contributed by atoms with Gasteiger partial charge in [-0.2, -0.15) is 0 Å². The highest BCUT2D eigenvalue weighted by Crippen LogP contribution is 2.51. The molecule has 298 valence electrons. The molecule has 12 nitrogen and oxygen atoms in total. The second kappa shape index (κ2) is 18.7. The van der Waals surface area contributed by atoms with Gasteiger partial charge in [0.15, 0.2) is 17.3 Å². The Hall–Kier alpha value is -4.75. The first kappa shape index (κ1) is 43.0. The summed E-state index contributed by atoms with van der Waals surface area (Å²) in [4.78, 5) is 103. The molecule has 2 aromatic rings. The fourth-order valence-corrected chi connectivity index (χ4v) is 7.97. The van der Waals surface area contributed by atoms with E-state index in [1.807, 2.05) is 0 Å². The van der Waals surface area contributed by atoms with Crippen LogP contribution >= 0.6 is 0 Å². The molecule has 7 atom stereocenters. The fourth-order valence-electron chi connectivity index (χ4n) is 7.97. The van der Waals surface area contributed by atoms with Gasteiger partial charge < -0.3 is 15.3 Å². The third kappa shape index (κ3) is 10.5. The molecule has 1 saturated heterocycles. The van der Waals surface area contributed by atoms with Crippen LogP contribution in [-0.4, -0.2) is 85.4 Å². The molecule has 2 aliphatic rings. The number of nitrogens with one attached hydrogen (secondary N) is 1. The first-order chi connectivity index (χ1) is 26.0. The van der Waals surface area contributed by atoms with E-state index in [4.69, 9.17) is 0 Å². The molecule has 1 aromatic carbocycles. The van der Waals surface area contributed by atoms with Gasteiger partial charge in [0.2, 0.25) is 17.6 Å². The molecule has 0 radical (unpaired) electrons. The maximum Gasteiger partial charge on any atom is 0.307 e. The molecule has 2 N–H and O–H groups in total. The van der Waals surface area contributed by atoms with E-state index in [2.05, 4.69) is 15.3 Å². The van der Waals surface area contributed by atoms with Crippen molar-refractivity contribution in [2.24, 2.45) is 41.4 Å². The van der Waals surface area contributed by atoms with E-state index in [0.29, 0.717) is 12.0 Å². The molecule has 55 heavy (non-hydrogen) atoms. The lowest BCUT2D eigenvalue weighted by molar-refractivity contribution is -0.147. The van der Waals surface area contributed by atoms with Gasteiger partial charge in [-0.1, -0.05) is 71.4 Å². The van der Waals surface area contributed by atoms with Crippen molar-refractivity contribution in [3.8, 4) is 0 Å². The third-order valence-corrected chi connectivity index (χ3v) is 11.1. The molecule has 2 unspecified atom stereocenters. The molecule has 1 saturated carbocycles. The van der Waals surface area contributed by atoms with Gasteiger partial charge in [0, 0.05) is 62.4 Å². The van der Waals surface area contributed by atoms with Crippen molar-refractivity contribution in [3.05, 3.63) is 60.2 Å². The van der Waals surface area contributed by atoms with Gasteiger partial charge in [0.05, 0.1) is 18.2 Å². The molecule has 1 aliphatic carbocycles. The summed E-state index contributed by atoms with van der Waals surface area (Å²) in [6.07, 6.45) is 2.82. The second-order valence-electron chi connectivity index (χ2n) is 15.7. The minimum atomic E-state index is -3.16. The highest BCUT2D eigenvalue weighted by molar-refractivity contribution is 6.38. The van der Waals surface area contributed by atoms with Gasteiger partial charge in [-0.3, -0.25) is 38.5 Å². The predicted octanol–water partition coefficient (Wildman–Crippen LogP) is 5.18. The zero-order valence-electron chi connectivity index (χ0n) is 32.1. The zero-order valence-corrected chi connectivity index (χ0v) is 32.1. The number of aliphatic carboxylic acids is 1. The van der Waals surface area contributed by atoms with Gasteiger partial charge in [0.1, 0.15) is 11.7 Å². The van der Waals surface area contributed by atoms with Crippen molar-refractivity contribution in [3.63, 3.8) is 0 Å². The number of rotatable bonds is 20. The summed E-state index contributed by atoms with van der Waals surface area (Å²) >= 11 is 0. The standard InChI is InChI=1S/C41H52F2N4O8/c1-6-10-26(37(51)34(50)19-27(40(54)55)17-25-11-8-7-9-12-25)18-33(49)36-28-13-14-41(42,43)30(28)22-47(36)39(53)35(24(4)5)46-38(52)29(23(2)3)20-32(48)31-21-44-15-16-45-31/h7-9,11-12,15-16,21,23-24,26-30,35-36H,6,10,13-14,17-20,22H2,1-5H3,(H,46,52)(H,54,55)/t26?,27-,28+,29-,30?,35+,36+/m1/s1. The Morgan fingerprint density at radius 2 is 1.64 bits per heavy atom. The van der Waals surface area contributed by atoms with Crippen molar-refractivity contribution in [2.75, 3.05) is 6.54 Å². The van der Waals surface area contributed by atoms with Gasteiger partial charge in [0.25, 0.3) is 5.92 Å². The Morgan fingerprint density at radius 3 is 2.22 bits per heavy atom. The second-order valence-corrected chi connectivity index (χ2v) is 15.7. The van der Waals surface area contributed by atoms with E-state index in [-0.39, 0.29) is 37.3 Å². The molecule has 0 bridgehead atoms. The van der Waals surface area contributed by atoms with E-state index in [9.17, 15) is 38.7 Å². The van der Waals surface area contributed by atoms with E-state index in [0.717, 1.165) is 4.90 Å². The number of Topliss-reactive ketones (excluding diaryl/α,β-unsaturated/α-hetero) is 4. The molecular formula is C41H52F2N4O8. The van der Waals surface area contributed by atoms with Gasteiger partial charge in [-0.15, -0.1) is 0 Å². The monoisotopic (exact) mass is 766 g/mol. The Balaban J connectivity index is 1.54. The van der Waals surface area contributed by atoms with Crippen LogP contribution in [0.4, 0.5) is 8.78 Å². The van der Waals surface area contributed by atoms with Crippen LogP contribution in [0.25, 0.3) is 0 Å². The lowest BCUT2D eigenvalue weighted by atomic mass is 9.82. The first-order valence-corrected chi connectivity index (χ1v) is 19.1. The highest BCUT2D eigenvalue weighted by Gasteiger charge is 2.61. The number of carboxylic acid groups (broad SMARTS) is 1. The van der Waals surface area contributed by atoms with Crippen LogP contribution in [0.5, 0.6) is 0 Å². The number of hydrogen-bond acceptors (Lipinski definition) is 9. The topological polar surface area (TPSA) is 181 Å². The Labute approximate surface area is 320 Å². The molecule has 1 aromatic heterocycles. The first-order valence-electron chi connectivity index (χ1n) is 19.1. The summed E-state index contributed by atoms with van der Waals surface area (Å²) in [5.41, 5.74) is 0.759. The summed E-state index contributed by atoms with van der Waals surface area (Å²) in [6, 6.07) is 6.12. The SMILES string of the molecule is CCCC(CC(=O)[C@@H]1[C@H]2CCC(F)(F)C2CN1C(=O)[C@@H](NC(=O)[C@H](CC(=O)c1cnccn1)C(C)C)C(C)C)C(=O)C(=O)C[C@@H](Cc1ccccc1)C(=O)O. The van der Waals surface area contributed by atoms with Gasteiger partial charge in [-0.25, -0.2) is 13.8 Å². The van der Waals surface area contributed by atoms with E-state index < -0.39 is 120 Å². The number of aromatic nitrogens is 2. The molecule has 2 heterocycles. The molecule has 14 heteroatoms. The minimum Gasteiger partial charge on any atom is -0.481 e. The van der Waals surface area contributed by atoms with Crippen molar-refractivity contribution in [1.29, 1.82) is 0 Å². The van der Waals surface area contributed by atoms with Crippen LogP contribution in [0.2, 0.25) is 0 Å². The van der Waals surface area contributed by atoms with Crippen molar-refractivity contribution >= 4 is 40.9 Å². The van der Waals surface area contributed by atoms with Crippen LogP contribution in [0.3, 0.4) is 0 Å². The molecule has 2 fully saturated rings. The number of likely N-dealkylation sites (tertiary alicyclic amines) is 1. The lowest BCUT2D eigenvalue weighted by Gasteiger charge is -2.33. The number of benzene rings is 1. The van der Waals surface area contributed by atoms with Crippen LogP contribution in [-0.2, 0) is 35.2 Å². The maximum atomic E-state index is 15.3. The summed E-state index contributed by atoms with van der Waals surface area (Å²) in [6.45, 7) is 8.17. The van der Waals surface area contributed by atoms with E-state index in [1.165, 1.54) is 18.6 Å². The molecule has 0 spiro atoms. The Bertz CT molecular complexity index is 1720. The van der Waals surface area contributed by atoms with E-state index in [1.54, 1.807) is 65.0 Å². The largest absolute Gasteiger partial charge is 0.481 e. The normalized spacial score (nSPS) is 21.0. The van der Waals surface area contributed by atoms with Gasteiger partial charge in [-0.05, 0) is 42.6 Å². The number of ketones is 4. The quantitative estimate of drug-likeness (QED) is 0.135. The number of carbonyl (C=O) groups excluding carboxylic acids is 6. The van der Waals surface area contributed by atoms with Crippen molar-refractivity contribution < 1.29 is 47.4 Å². The number of hydrogen-bond donors (Lipinski definition) is 2. The van der Waals surface area contributed by atoms with Crippen LogP contribution in [0.1, 0.15) is 95.6 Å². The molecular weight excluding hydrogens is 714 g/mol. The number of carbonyl (C=O) groups is 7. The number of carboxylic acids is 1. The molecule has 4 rings (SSSR count). The Kier molecular flexibility index (Phi) is 14.6. The summed E-state index contributed by atoms with van der Waals surface area (Å²) in [5, 5.41) is 12.6. The van der Waals surface area contributed by atoms with Crippen molar-refractivity contribution in [2.45, 2.75) is 104 Å². The Morgan fingerprint density at radius 1 is 0.945 bits per heavy atom. The fraction of sp³-hybridized carbons (Fsp3) is 0.585. The molecule has 2 amide bonds. The average Bonchev–Trinajstić information content (AvgIpc) is 3.68. The van der Waals surface area contributed by atoms with Crippen molar-refractivity contribution in [1.82, 2.24) is 20.2 Å². The van der Waals surface area contributed by atoms with Crippen LogP contribution < -0.4 is 5.32 Å². The van der Waals surface area contributed by atoms with Gasteiger partial charge >= 0.3 is 5.97 Å². The summed E-state index contributed by atoms with van der Waals surface area (Å²) in [7, 11) is 0. The summed E-state index contributed by atoms with van der Waals surface area (Å²) < 4.78 is 30.5. The van der Waals surface area contributed by atoms with E-state index >= 15 is 8.78 Å². The smallest absolute Gasteiger partial charge is 0.307 e. The number of fused-ring (bicyclic) bond motifs is 1. The lowest BCUT2D eigenvalue weighted by Crippen LogP contribution is -2.56. The number of alkyl halides is 2. The number of nitrogens with zero attached hydrogens (tertiary/aromatic N) is 3. The minimum absolute atomic E-state index is 0.0203. The third-order valence-electron chi connectivity index (χ3n) is 11.1. The predicted molar refractivity (Wildman–Crippen MR) is 197 cm³/mol. The number of halogens is 2. The molecule has 1 aliphatic heterocycles. The average molecular weight is 767 g/mol. The number of amides is 2. The van der Waals surface area contributed by atoms with Crippen LogP contribution in [0.15, 0.2) is 48.9 Å². The zero-order chi connectivity index (χ0) is 40.6. The summed E-state index contributed by atoms with van der Waals surface area (Å²) in [5.74, 6) is -14.9. The van der Waals surface area contributed by atoms with Crippen LogP contribution in [0, 0.1) is 41.4 Å². The highest BCUT2D eigenvalue weighted by atomic mass is 19.3. The maximum absolute atomic E-state index is 15.3.